The Morgan fingerprint density at radius 1 is 1.38 bits per heavy atom. The third-order valence-electron chi connectivity index (χ3n) is 2.07. The van der Waals surface area contributed by atoms with Crippen LogP contribution in [-0.4, -0.2) is 52.9 Å². The van der Waals surface area contributed by atoms with Gasteiger partial charge in [0.2, 0.25) is 0 Å². The predicted octanol–water partition coefficient (Wildman–Crippen LogP) is 0.263. The smallest absolute Gasteiger partial charge is 0.317 e. The topological polar surface area (TPSA) is 89.9 Å². The summed E-state index contributed by atoms with van der Waals surface area (Å²) in [6.45, 7) is 4.24. The Kier molecular flexibility index (Phi) is 7.28. The Balaban J connectivity index is 3.87. The third-order valence-corrected chi connectivity index (χ3v) is 2.07. The minimum absolute atomic E-state index is 0.00613. The van der Waals surface area contributed by atoms with E-state index in [1.807, 2.05) is 13.8 Å². The predicted molar refractivity (Wildman–Crippen MR) is 59.2 cm³/mol. The fourth-order valence-corrected chi connectivity index (χ4v) is 1.24. The standard InChI is InChI=1S/C10H20N2O4/c1-8(2)12(6-7-13)10(16)11-5-3-4-9(14)15/h8,13H,3-7H2,1-2H3,(H,11,16)(H,14,15). The number of aliphatic carboxylic acids is 1. The van der Waals surface area contributed by atoms with Crippen LogP contribution in [-0.2, 0) is 4.79 Å². The van der Waals surface area contributed by atoms with Crippen molar-refractivity contribution in [1.82, 2.24) is 10.2 Å². The molecular formula is C10H20N2O4. The number of urea groups is 1. The van der Waals surface area contributed by atoms with Crippen LogP contribution in [0.15, 0.2) is 0 Å². The summed E-state index contributed by atoms with van der Waals surface area (Å²) in [5.74, 6) is -0.870. The van der Waals surface area contributed by atoms with Crippen molar-refractivity contribution in [2.24, 2.45) is 0 Å². The zero-order valence-electron chi connectivity index (χ0n) is 9.77. The molecule has 0 fully saturated rings. The Morgan fingerprint density at radius 3 is 2.44 bits per heavy atom. The first-order valence-electron chi connectivity index (χ1n) is 5.36. The van der Waals surface area contributed by atoms with E-state index < -0.39 is 5.97 Å². The van der Waals surface area contributed by atoms with Crippen molar-refractivity contribution in [1.29, 1.82) is 0 Å². The van der Waals surface area contributed by atoms with Crippen LogP contribution in [0.3, 0.4) is 0 Å². The van der Waals surface area contributed by atoms with E-state index in [1.54, 1.807) is 0 Å². The lowest BCUT2D eigenvalue weighted by molar-refractivity contribution is -0.137. The molecule has 0 aromatic rings. The van der Waals surface area contributed by atoms with E-state index in [2.05, 4.69) is 5.32 Å². The van der Waals surface area contributed by atoms with Gasteiger partial charge in [0.15, 0.2) is 0 Å². The normalized spacial score (nSPS) is 10.2. The number of rotatable bonds is 7. The van der Waals surface area contributed by atoms with E-state index in [9.17, 15) is 9.59 Å². The zero-order valence-corrected chi connectivity index (χ0v) is 9.77. The van der Waals surface area contributed by atoms with Crippen molar-refractivity contribution in [2.75, 3.05) is 19.7 Å². The molecule has 6 nitrogen and oxygen atoms in total. The first-order valence-corrected chi connectivity index (χ1v) is 5.36. The van der Waals surface area contributed by atoms with Crippen molar-refractivity contribution in [3.05, 3.63) is 0 Å². The average molecular weight is 232 g/mol. The molecule has 0 rings (SSSR count). The molecule has 0 aliphatic carbocycles. The highest BCUT2D eigenvalue weighted by Crippen LogP contribution is 1.98. The highest BCUT2D eigenvalue weighted by Gasteiger charge is 2.15. The van der Waals surface area contributed by atoms with E-state index in [1.165, 1.54) is 4.90 Å². The largest absolute Gasteiger partial charge is 0.481 e. The quantitative estimate of drug-likeness (QED) is 0.549. The van der Waals surface area contributed by atoms with E-state index in [0.717, 1.165) is 0 Å². The summed E-state index contributed by atoms with van der Waals surface area (Å²) in [4.78, 5) is 23.3. The lowest BCUT2D eigenvalue weighted by Crippen LogP contribution is -2.45. The number of aliphatic hydroxyl groups excluding tert-OH is 1. The van der Waals surface area contributed by atoms with E-state index in [4.69, 9.17) is 10.2 Å². The van der Waals surface area contributed by atoms with Crippen molar-refractivity contribution in [2.45, 2.75) is 32.7 Å². The molecule has 0 spiro atoms. The molecule has 16 heavy (non-hydrogen) atoms. The van der Waals surface area contributed by atoms with Crippen molar-refractivity contribution >= 4 is 12.0 Å². The number of carbonyl (C=O) groups is 2. The fraction of sp³-hybridized carbons (Fsp3) is 0.800. The van der Waals surface area contributed by atoms with Gasteiger partial charge in [0.1, 0.15) is 0 Å². The number of amides is 2. The molecule has 0 saturated heterocycles. The van der Waals surface area contributed by atoms with Crippen LogP contribution in [0.2, 0.25) is 0 Å². The molecule has 0 bridgehead atoms. The average Bonchev–Trinajstić information content (AvgIpc) is 2.19. The second kappa shape index (κ2) is 7.92. The lowest BCUT2D eigenvalue weighted by atomic mass is 10.3. The Morgan fingerprint density at radius 2 is 2.00 bits per heavy atom. The Bertz CT molecular complexity index is 231. The number of nitrogens with zero attached hydrogens (tertiary/aromatic N) is 1. The summed E-state index contributed by atoms with van der Waals surface area (Å²) >= 11 is 0. The molecule has 0 aliphatic rings. The van der Waals surface area contributed by atoms with Crippen molar-refractivity contribution in [3.63, 3.8) is 0 Å². The summed E-state index contributed by atoms with van der Waals surface area (Å²) < 4.78 is 0. The summed E-state index contributed by atoms with van der Waals surface area (Å²) in [6, 6.07) is -0.263. The summed E-state index contributed by atoms with van der Waals surface area (Å²) in [6.07, 6.45) is 0.452. The van der Waals surface area contributed by atoms with E-state index in [0.29, 0.717) is 13.0 Å². The van der Waals surface area contributed by atoms with Gasteiger partial charge in [0.25, 0.3) is 0 Å². The minimum Gasteiger partial charge on any atom is -0.481 e. The molecule has 0 heterocycles. The number of hydrogen-bond donors (Lipinski definition) is 3. The zero-order chi connectivity index (χ0) is 12.6. The fourth-order valence-electron chi connectivity index (χ4n) is 1.24. The van der Waals surface area contributed by atoms with Crippen LogP contribution in [0, 0.1) is 0 Å². The SMILES string of the molecule is CC(C)N(CCO)C(=O)NCCCC(=O)O. The van der Waals surface area contributed by atoms with Crippen LogP contribution in [0.1, 0.15) is 26.7 Å². The highest BCUT2D eigenvalue weighted by molar-refractivity contribution is 5.74. The number of nitrogens with one attached hydrogen (secondary N) is 1. The molecule has 0 aliphatic heterocycles. The molecule has 2 amide bonds. The molecule has 94 valence electrons. The molecule has 0 radical (unpaired) electrons. The third kappa shape index (κ3) is 6.23. The molecule has 0 atom stereocenters. The molecular weight excluding hydrogens is 212 g/mol. The van der Waals surface area contributed by atoms with Gasteiger partial charge in [-0.05, 0) is 20.3 Å². The number of carboxylic acids is 1. The van der Waals surface area contributed by atoms with Gasteiger partial charge in [-0.1, -0.05) is 0 Å². The molecule has 6 heteroatoms. The van der Waals surface area contributed by atoms with E-state index in [-0.39, 0.29) is 31.6 Å². The summed E-state index contributed by atoms with van der Waals surface area (Å²) in [5, 5.41) is 19.8. The van der Waals surface area contributed by atoms with Crippen LogP contribution in [0.5, 0.6) is 0 Å². The first-order chi connectivity index (χ1) is 7.49. The summed E-state index contributed by atoms with van der Waals surface area (Å²) in [7, 11) is 0. The van der Waals surface area contributed by atoms with Crippen LogP contribution in [0.4, 0.5) is 4.79 Å². The van der Waals surface area contributed by atoms with Gasteiger partial charge in [-0.15, -0.1) is 0 Å². The Labute approximate surface area is 95.2 Å². The number of aliphatic hydroxyl groups is 1. The van der Waals surface area contributed by atoms with Gasteiger partial charge in [0.05, 0.1) is 6.61 Å². The van der Waals surface area contributed by atoms with E-state index >= 15 is 0 Å². The Hall–Kier alpha value is -1.30. The van der Waals surface area contributed by atoms with Gasteiger partial charge in [-0.2, -0.15) is 0 Å². The van der Waals surface area contributed by atoms with Gasteiger partial charge in [0, 0.05) is 25.6 Å². The second-order valence-electron chi connectivity index (χ2n) is 3.74. The summed E-state index contributed by atoms with van der Waals surface area (Å²) in [5.41, 5.74) is 0. The van der Waals surface area contributed by atoms with Gasteiger partial charge < -0.3 is 20.4 Å². The number of carbonyl (C=O) groups excluding carboxylic acids is 1. The van der Waals surface area contributed by atoms with Gasteiger partial charge in [-0.3, -0.25) is 4.79 Å². The van der Waals surface area contributed by atoms with Crippen molar-refractivity contribution < 1.29 is 19.8 Å². The molecule has 0 aromatic carbocycles. The molecule has 3 N–H and O–H groups in total. The maximum absolute atomic E-state index is 11.6. The maximum Gasteiger partial charge on any atom is 0.317 e. The second-order valence-corrected chi connectivity index (χ2v) is 3.74. The molecule has 0 saturated carbocycles. The minimum atomic E-state index is -0.870. The van der Waals surface area contributed by atoms with Crippen LogP contribution in [0.25, 0.3) is 0 Å². The highest BCUT2D eigenvalue weighted by atomic mass is 16.4. The van der Waals surface area contributed by atoms with Crippen LogP contribution >= 0.6 is 0 Å². The van der Waals surface area contributed by atoms with Crippen molar-refractivity contribution in [3.8, 4) is 0 Å². The van der Waals surface area contributed by atoms with Gasteiger partial charge in [-0.25, -0.2) is 4.79 Å². The van der Waals surface area contributed by atoms with Crippen LogP contribution < -0.4 is 5.32 Å². The lowest BCUT2D eigenvalue weighted by Gasteiger charge is -2.26. The monoisotopic (exact) mass is 232 g/mol. The first kappa shape index (κ1) is 14.7. The number of hydrogen-bond acceptors (Lipinski definition) is 3. The number of carboxylic acid groups (broad SMARTS) is 1. The maximum atomic E-state index is 11.6. The van der Waals surface area contributed by atoms with Gasteiger partial charge >= 0.3 is 12.0 Å². The molecule has 0 aromatic heterocycles. The molecule has 0 unspecified atom stereocenters.